The zero-order valence-electron chi connectivity index (χ0n) is 13.8. The van der Waals surface area contributed by atoms with Crippen molar-refractivity contribution in [2.24, 2.45) is 0 Å². The van der Waals surface area contributed by atoms with Gasteiger partial charge in [-0.25, -0.2) is 8.42 Å². The molecule has 0 bridgehead atoms. The first-order valence-electron chi connectivity index (χ1n) is 7.26. The smallest absolute Gasteiger partial charge is 0.231 e. The molecule has 1 N–H and O–H groups in total. The van der Waals surface area contributed by atoms with Crippen molar-refractivity contribution >= 4 is 27.3 Å². The van der Waals surface area contributed by atoms with Gasteiger partial charge in [0.2, 0.25) is 15.9 Å². The quantitative estimate of drug-likeness (QED) is 0.869. The van der Waals surface area contributed by atoms with Crippen LogP contribution >= 0.6 is 0 Å². The highest BCUT2D eigenvalue weighted by atomic mass is 32.2. The predicted octanol–water partition coefficient (Wildman–Crippen LogP) is 2.27. The van der Waals surface area contributed by atoms with Gasteiger partial charge in [0.05, 0.1) is 25.5 Å². The Hall–Kier alpha value is -2.54. The number of nitrogens with one attached hydrogen (secondary N) is 1. The van der Waals surface area contributed by atoms with Gasteiger partial charge >= 0.3 is 0 Å². The molecular formula is C17H20N2O4S. The molecule has 0 radical (unpaired) electrons. The second-order valence-corrected chi connectivity index (χ2v) is 7.37. The Morgan fingerprint density at radius 2 is 1.83 bits per heavy atom. The van der Waals surface area contributed by atoms with E-state index in [9.17, 15) is 13.2 Å². The summed E-state index contributed by atoms with van der Waals surface area (Å²) in [5, 5.41) is 2.80. The van der Waals surface area contributed by atoms with Crippen molar-refractivity contribution < 1.29 is 17.9 Å². The first-order chi connectivity index (χ1) is 11.3. The van der Waals surface area contributed by atoms with Crippen LogP contribution in [0.4, 0.5) is 11.4 Å². The van der Waals surface area contributed by atoms with Crippen molar-refractivity contribution in [3.8, 4) is 5.75 Å². The molecule has 0 fully saturated rings. The summed E-state index contributed by atoms with van der Waals surface area (Å²) in [5.41, 5.74) is 2.00. The number of ether oxygens (including phenoxy) is 1. The number of rotatable bonds is 6. The van der Waals surface area contributed by atoms with E-state index in [1.54, 1.807) is 55.6 Å². The van der Waals surface area contributed by atoms with Crippen LogP contribution in [0.15, 0.2) is 48.5 Å². The first kappa shape index (κ1) is 17.8. The lowest BCUT2D eigenvalue weighted by Gasteiger charge is -2.16. The SMILES string of the molecule is COc1cccc(NC(=O)Cc2ccc(N(C)S(C)(=O)=O)cc2)c1. The number of benzene rings is 2. The van der Waals surface area contributed by atoms with Crippen molar-refractivity contribution in [1.82, 2.24) is 0 Å². The Balaban J connectivity index is 2.01. The second kappa shape index (κ2) is 7.35. The highest BCUT2D eigenvalue weighted by Gasteiger charge is 2.12. The molecule has 24 heavy (non-hydrogen) atoms. The van der Waals surface area contributed by atoms with Crippen LogP contribution in [0.1, 0.15) is 5.56 Å². The van der Waals surface area contributed by atoms with Crippen LogP contribution in [0.3, 0.4) is 0 Å². The van der Waals surface area contributed by atoms with Crippen molar-refractivity contribution in [3.05, 3.63) is 54.1 Å². The van der Waals surface area contributed by atoms with E-state index in [2.05, 4.69) is 5.32 Å². The molecule has 0 heterocycles. The summed E-state index contributed by atoms with van der Waals surface area (Å²) < 4.78 is 29.3. The average Bonchev–Trinajstić information content (AvgIpc) is 2.54. The number of methoxy groups -OCH3 is 1. The van der Waals surface area contributed by atoms with Crippen molar-refractivity contribution in [3.63, 3.8) is 0 Å². The number of hydrogen-bond donors (Lipinski definition) is 1. The third kappa shape index (κ3) is 4.73. The van der Waals surface area contributed by atoms with E-state index < -0.39 is 10.0 Å². The monoisotopic (exact) mass is 348 g/mol. The zero-order chi connectivity index (χ0) is 17.7. The minimum absolute atomic E-state index is 0.160. The lowest BCUT2D eigenvalue weighted by molar-refractivity contribution is -0.115. The van der Waals surface area contributed by atoms with Gasteiger partial charge in [-0.3, -0.25) is 9.10 Å². The number of nitrogens with zero attached hydrogens (tertiary/aromatic N) is 1. The van der Waals surface area contributed by atoms with Crippen LogP contribution in [-0.4, -0.2) is 34.7 Å². The Morgan fingerprint density at radius 1 is 1.17 bits per heavy atom. The molecule has 0 unspecified atom stereocenters. The molecule has 2 aromatic carbocycles. The van der Waals surface area contributed by atoms with Gasteiger partial charge in [-0.15, -0.1) is 0 Å². The third-order valence-electron chi connectivity index (χ3n) is 3.52. The molecule has 2 rings (SSSR count). The van der Waals surface area contributed by atoms with Crippen LogP contribution in [0, 0.1) is 0 Å². The van der Waals surface area contributed by atoms with Crippen LogP contribution in [0.25, 0.3) is 0 Å². The van der Waals surface area contributed by atoms with Crippen LogP contribution in [0.5, 0.6) is 5.75 Å². The highest BCUT2D eigenvalue weighted by Crippen LogP contribution is 2.18. The number of carbonyl (C=O) groups excluding carboxylic acids is 1. The Morgan fingerprint density at radius 3 is 2.42 bits per heavy atom. The molecule has 0 aliphatic heterocycles. The summed E-state index contributed by atoms with van der Waals surface area (Å²) in [5.74, 6) is 0.508. The minimum Gasteiger partial charge on any atom is -0.497 e. The largest absolute Gasteiger partial charge is 0.497 e. The molecular weight excluding hydrogens is 328 g/mol. The summed E-state index contributed by atoms with van der Waals surface area (Å²) in [6, 6.07) is 13.9. The van der Waals surface area contributed by atoms with Crippen molar-refractivity contribution in [2.75, 3.05) is 30.0 Å². The summed E-state index contributed by atoms with van der Waals surface area (Å²) in [6.45, 7) is 0. The van der Waals surface area contributed by atoms with Crippen LogP contribution in [0.2, 0.25) is 0 Å². The lowest BCUT2D eigenvalue weighted by Crippen LogP contribution is -2.24. The molecule has 0 saturated heterocycles. The third-order valence-corrected chi connectivity index (χ3v) is 4.72. The van der Waals surface area contributed by atoms with Gasteiger partial charge in [0.1, 0.15) is 5.75 Å². The van der Waals surface area contributed by atoms with Gasteiger partial charge < -0.3 is 10.1 Å². The van der Waals surface area contributed by atoms with Gasteiger partial charge in [-0.1, -0.05) is 18.2 Å². The highest BCUT2D eigenvalue weighted by molar-refractivity contribution is 7.92. The standard InChI is InChI=1S/C17H20N2O4S/c1-19(24(3,21)22)15-9-7-13(8-10-15)11-17(20)18-14-5-4-6-16(12-14)23-2/h4-10,12H,11H2,1-3H3,(H,18,20). The molecule has 0 spiro atoms. The van der Waals surface area contributed by atoms with Gasteiger partial charge in [0, 0.05) is 18.8 Å². The van der Waals surface area contributed by atoms with E-state index >= 15 is 0 Å². The molecule has 7 heteroatoms. The molecule has 0 aliphatic rings. The molecule has 128 valence electrons. The lowest BCUT2D eigenvalue weighted by atomic mass is 10.1. The van der Waals surface area contributed by atoms with Gasteiger partial charge in [-0.2, -0.15) is 0 Å². The molecule has 2 aromatic rings. The Bertz CT molecular complexity index is 817. The summed E-state index contributed by atoms with van der Waals surface area (Å²) in [4.78, 5) is 12.1. The van der Waals surface area contributed by atoms with Gasteiger partial charge in [0.15, 0.2) is 0 Å². The molecule has 0 atom stereocenters. The number of carbonyl (C=O) groups is 1. The maximum absolute atomic E-state index is 12.1. The fraction of sp³-hybridized carbons (Fsp3) is 0.235. The van der Waals surface area contributed by atoms with E-state index in [1.807, 2.05) is 0 Å². The van der Waals surface area contributed by atoms with Gasteiger partial charge in [-0.05, 0) is 29.8 Å². The fourth-order valence-corrected chi connectivity index (χ4v) is 2.61. The van der Waals surface area contributed by atoms with E-state index in [4.69, 9.17) is 4.74 Å². The minimum atomic E-state index is -3.30. The van der Waals surface area contributed by atoms with E-state index in [0.29, 0.717) is 17.1 Å². The number of anilines is 2. The summed E-state index contributed by atoms with van der Waals surface area (Å²) in [6.07, 6.45) is 1.34. The average molecular weight is 348 g/mol. The first-order valence-corrected chi connectivity index (χ1v) is 9.11. The normalized spacial score (nSPS) is 11.0. The van der Waals surface area contributed by atoms with Crippen LogP contribution < -0.4 is 14.4 Å². The predicted molar refractivity (Wildman–Crippen MR) is 95.0 cm³/mol. The second-order valence-electron chi connectivity index (χ2n) is 5.35. The fourth-order valence-electron chi connectivity index (χ4n) is 2.11. The van der Waals surface area contributed by atoms with E-state index in [1.165, 1.54) is 11.4 Å². The molecule has 1 amide bonds. The van der Waals surface area contributed by atoms with Crippen molar-refractivity contribution in [2.45, 2.75) is 6.42 Å². The molecule has 0 saturated carbocycles. The molecule has 0 aliphatic carbocycles. The summed E-state index contributed by atoms with van der Waals surface area (Å²) in [7, 11) is -0.245. The topological polar surface area (TPSA) is 75.7 Å². The number of hydrogen-bond acceptors (Lipinski definition) is 4. The maximum Gasteiger partial charge on any atom is 0.231 e. The van der Waals surface area contributed by atoms with Crippen LogP contribution in [-0.2, 0) is 21.2 Å². The van der Waals surface area contributed by atoms with Gasteiger partial charge in [0.25, 0.3) is 0 Å². The maximum atomic E-state index is 12.1. The Labute approximate surface area is 142 Å². The van der Waals surface area contributed by atoms with Crippen molar-refractivity contribution in [1.29, 1.82) is 0 Å². The number of amides is 1. The van der Waals surface area contributed by atoms with E-state index in [-0.39, 0.29) is 12.3 Å². The van der Waals surface area contributed by atoms with E-state index in [0.717, 1.165) is 11.8 Å². The Kier molecular flexibility index (Phi) is 5.46. The molecule has 6 nitrogen and oxygen atoms in total. The zero-order valence-corrected chi connectivity index (χ0v) is 14.6. The summed E-state index contributed by atoms with van der Waals surface area (Å²) >= 11 is 0. The number of sulfonamides is 1. The molecule has 0 aromatic heterocycles.